The molecule has 0 amide bonds. The van der Waals surface area contributed by atoms with Crippen molar-refractivity contribution in [2.75, 3.05) is 6.54 Å². The summed E-state index contributed by atoms with van der Waals surface area (Å²) in [5, 5.41) is 11.3. The number of aromatic nitrogens is 3. The van der Waals surface area contributed by atoms with Gasteiger partial charge in [0.05, 0.1) is 5.69 Å². The number of hydrogen-bond acceptors (Lipinski definition) is 3. The quantitative estimate of drug-likeness (QED) is 0.791. The maximum absolute atomic E-state index is 4.02. The van der Waals surface area contributed by atoms with E-state index in [2.05, 4.69) is 46.8 Å². The SMILES string of the molecule is Cc1cccc(CCNCc2cn(C)nn2)c1. The Labute approximate surface area is 102 Å². The van der Waals surface area contributed by atoms with E-state index in [1.54, 1.807) is 4.68 Å². The first-order valence-electron chi connectivity index (χ1n) is 5.85. The standard InChI is InChI=1S/C13H18N4/c1-11-4-3-5-12(8-11)6-7-14-9-13-10-17(2)16-15-13/h3-5,8,10,14H,6-7,9H2,1-2H3. The minimum atomic E-state index is 0.777. The summed E-state index contributed by atoms with van der Waals surface area (Å²) in [6.45, 7) is 3.86. The lowest BCUT2D eigenvalue weighted by molar-refractivity contribution is 0.670. The smallest absolute Gasteiger partial charge is 0.0964 e. The molecule has 0 radical (unpaired) electrons. The van der Waals surface area contributed by atoms with Gasteiger partial charge in [-0.25, -0.2) is 0 Å². The number of nitrogens with one attached hydrogen (secondary N) is 1. The molecule has 0 aliphatic carbocycles. The normalized spacial score (nSPS) is 10.7. The van der Waals surface area contributed by atoms with Crippen LogP contribution in [-0.4, -0.2) is 21.5 Å². The van der Waals surface area contributed by atoms with E-state index in [0.29, 0.717) is 0 Å². The summed E-state index contributed by atoms with van der Waals surface area (Å²) < 4.78 is 1.72. The molecule has 1 N–H and O–H groups in total. The lowest BCUT2D eigenvalue weighted by Gasteiger charge is -2.03. The highest BCUT2D eigenvalue weighted by molar-refractivity contribution is 5.22. The van der Waals surface area contributed by atoms with Gasteiger partial charge in [0.25, 0.3) is 0 Å². The highest BCUT2D eigenvalue weighted by Crippen LogP contribution is 2.04. The van der Waals surface area contributed by atoms with Gasteiger partial charge in [0.1, 0.15) is 0 Å². The van der Waals surface area contributed by atoms with E-state index >= 15 is 0 Å². The van der Waals surface area contributed by atoms with Crippen LogP contribution in [0.15, 0.2) is 30.5 Å². The molecule has 2 rings (SSSR count). The Morgan fingerprint density at radius 2 is 2.24 bits per heavy atom. The van der Waals surface area contributed by atoms with Gasteiger partial charge in [-0.3, -0.25) is 4.68 Å². The molecule has 2 aromatic rings. The summed E-state index contributed by atoms with van der Waals surface area (Å²) in [6, 6.07) is 8.62. The molecule has 0 aliphatic heterocycles. The van der Waals surface area contributed by atoms with Gasteiger partial charge >= 0.3 is 0 Å². The van der Waals surface area contributed by atoms with Gasteiger partial charge in [-0.15, -0.1) is 5.10 Å². The van der Waals surface area contributed by atoms with Crippen molar-refractivity contribution in [1.82, 2.24) is 20.3 Å². The molecule has 0 bridgehead atoms. The van der Waals surface area contributed by atoms with E-state index in [0.717, 1.165) is 25.2 Å². The van der Waals surface area contributed by atoms with E-state index in [4.69, 9.17) is 0 Å². The number of aryl methyl sites for hydroxylation is 2. The van der Waals surface area contributed by atoms with Crippen molar-refractivity contribution in [1.29, 1.82) is 0 Å². The van der Waals surface area contributed by atoms with Crippen LogP contribution in [0.25, 0.3) is 0 Å². The van der Waals surface area contributed by atoms with Gasteiger partial charge in [0.15, 0.2) is 0 Å². The van der Waals surface area contributed by atoms with Crippen LogP contribution in [0.5, 0.6) is 0 Å². The van der Waals surface area contributed by atoms with E-state index in [-0.39, 0.29) is 0 Å². The van der Waals surface area contributed by atoms with E-state index < -0.39 is 0 Å². The van der Waals surface area contributed by atoms with E-state index in [9.17, 15) is 0 Å². The van der Waals surface area contributed by atoms with Gasteiger partial charge in [-0.05, 0) is 25.5 Å². The topological polar surface area (TPSA) is 42.7 Å². The number of hydrogen-bond donors (Lipinski definition) is 1. The highest BCUT2D eigenvalue weighted by Gasteiger charge is 1.97. The summed E-state index contributed by atoms with van der Waals surface area (Å²) in [5.74, 6) is 0. The number of nitrogens with zero attached hydrogens (tertiary/aromatic N) is 3. The molecule has 4 nitrogen and oxygen atoms in total. The molecule has 0 saturated heterocycles. The number of benzene rings is 1. The zero-order valence-corrected chi connectivity index (χ0v) is 10.3. The average molecular weight is 230 g/mol. The second kappa shape index (κ2) is 5.59. The summed E-state index contributed by atoms with van der Waals surface area (Å²) >= 11 is 0. The molecule has 1 aromatic heterocycles. The lowest BCUT2D eigenvalue weighted by Crippen LogP contribution is -2.16. The van der Waals surface area contributed by atoms with Crippen LogP contribution >= 0.6 is 0 Å². The Kier molecular flexibility index (Phi) is 3.88. The van der Waals surface area contributed by atoms with Crippen LogP contribution in [0.3, 0.4) is 0 Å². The third-order valence-corrected chi connectivity index (χ3v) is 2.63. The minimum absolute atomic E-state index is 0.777. The maximum Gasteiger partial charge on any atom is 0.0964 e. The van der Waals surface area contributed by atoms with Crippen LogP contribution in [0, 0.1) is 6.92 Å². The van der Waals surface area contributed by atoms with E-state index in [1.165, 1.54) is 11.1 Å². The third-order valence-electron chi connectivity index (χ3n) is 2.63. The van der Waals surface area contributed by atoms with Crippen molar-refractivity contribution in [3.05, 3.63) is 47.3 Å². The Hall–Kier alpha value is -1.68. The van der Waals surface area contributed by atoms with Gasteiger partial charge in [0, 0.05) is 19.8 Å². The average Bonchev–Trinajstić information content (AvgIpc) is 2.71. The molecular weight excluding hydrogens is 212 g/mol. The van der Waals surface area contributed by atoms with E-state index in [1.807, 2.05) is 13.2 Å². The number of rotatable bonds is 5. The first-order valence-corrected chi connectivity index (χ1v) is 5.85. The van der Waals surface area contributed by atoms with Crippen LogP contribution in [0.1, 0.15) is 16.8 Å². The molecule has 0 saturated carbocycles. The van der Waals surface area contributed by atoms with Crippen molar-refractivity contribution >= 4 is 0 Å². The Morgan fingerprint density at radius 1 is 1.35 bits per heavy atom. The van der Waals surface area contributed by atoms with Crippen molar-refractivity contribution in [3.8, 4) is 0 Å². The summed E-state index contributed by atoms with van der Waals surface area (Å²) in [5.41, 5.74) is 3.67. The van der Waals surface area contributed by atoms with Gasteiger partial charge in [-0.1, -0.05) is 35.0 Å². The molecule has 0 spiro atoms. The van der Waals surface area contributed by atoms with Gasteiger partial charge in [-0.2, -0.15) is 0 Å². The zero-order chi connectivity index (χ0) is 12.1. The van der Waals surface area contributed by atoms with Crippen LogP contribution in [-0.2, 0) is 20.0 Å². The molecular formula is C13H18N4. The lowest BCUT2D eigenvalue weighted by atomic mass is 10.1. The summed E-state index contributed by atoms with van der Waals surface area (Å²) in [7, 11) is 1.88. The predicted octanol–water partition coefficient (Wildman–Crippen LogP) is 1.46. The zero-order valence-electron chi connectivity index (χ0n) is 10.3. The fraction of sp³-hybridized carbons (Fsp3) is 0.385. The summed E-state index contributed by atoms with van der Waals surface area (Å²) in [4.78, 5) is 0. The fourth-order valence-electron chi connectivity index (χ4n) is 1.79. The minimum Gasteiger partial charge on any atom is -0.311 e. The fourth-order valence-corrected chi connectivity index (χ4v) is 1.79. The Balaban J connectivity index is 1.73. The second-order valence-electron chi connectivity index (χ2n) is 4.30. The van der Waals surface area contributed by atoms with Crippen molar-refractivity contribution < 1.29 is 0 Å². The molecule has 4 heteroatoms. The molecule has 17 heavy (non-hydrogen) atoms. The monoisotopic (exact) mass is 230 g/mol. The molecule has 0 atom stereocenters. The van der Waals surface area contributed by atoms with Gasteiger partial charge in [0.2, 0.25) is 0 Å². The highest BCUT2D eigenvalue weighted by atomic mass is 15.4. The van der Waals surface area contributed by atoms with Crippen molar-refractivity contribution in [3.63, 3.8) is 0 Å². The maximum atomic E-state index is 4.02. The third kappa shape index (κ3) is 3.67. The predicted molar refractivity (Wildman–Crippen MR) is 67.6 cm³/mol. The Bertz CT molecular complexity index is 476. The Morgan fingerprint density at radius 3 is 2.94 bits per heavy atom. The van der Waals surface area contributed by atoms with Crippen LogP contribution in [0.2, 0.25) is 0 Å². The van der Waals surface area contributed by atoms with Crippen LogP contribution in [0.4, 0.5) is 0 Å². The molecule has 1 heterocycles. The summed E-state index contributed by atoms with van der Waals surface area (Å²) in [6.07, 6.45) is 2.97. The first kappa shape index (κ1) is 11.8. The van der Waals surface area contributed by atoms with Crippen molar-refractivity contribution in [2.24, 2.45) is 7.05 Å². The molecule has 90 valence electrons. The largest absolute Gasteiger partial charge is 0.311 e. The molecule has 0 aliphatic rings. The van der Waals surface area contributed by atoms with Gasteiger partial charge < -0.3 is 5.32 Å². The second-order valence-corrected chi connectivity index (χ2v) is 4.30. The first-order chi connectivity index (χ1) is 8.24. The van der Waals surface area contributed by atoms with Crippen molar-refractivity contribution in [2.45, 2.75) is 19.9 Å². The molecule has 0 fully saturated rings. The molecule has 0 unspecified atom stereocenters. The van der Waals surface area contributed by atoms with Crippen LogP contribution < -0.4 is 5.32 Å². The molecule has 1 aromatic carbocycles.